The van der Waals surface area contributed by atoms with Crippen LogP contribution >= 0.6 is 0 Å². The van der Waals surface area contributed by atoms with E-state index in [2.05, 4.69) is 19.1 Å². The summed E-state index contributed by atoms with van der Waals surface area (Å²) in [6, 6.07) is 23.6. The van der Waals surface area contributed by atoms with E-state index in [1.165, 1.54) is 12.0 Å². The summed E-state index contributed by atoms with van der Waals surface area (Å²) in [5.74, 6) is 0. The lowest BCUT2D eigenvalue weighted by atomic mass is 10.1. The fraction of sp³-hybridized carbons (Fsp3) is 0.143. The summed E-state index contributed by atoms with van der Waals surface area (Å²) in [5.41, 5.74) is 22.8. The number of aryl methyl sites for hydroxylation is 1. The van der Waals surface area contributed by atoms with Crippen molar-refractivity contribution < 1.29 is 0 Å². The molecule has 0 radical (unpaired) electrons. The highest BCUT2D eigenvalue weighted by atomic mass is 14.5. The van der Waals surface area contributed by atoms with Gasteiger partial charge in [-0.15, -0.1) is 0 Å². The van der Waals surface area contributed by atoms with Gasteiger partial charge in [0.05, 0.1) is 0 Å². The van der Waals surface area contributed by atoms with E-state index in [-0.39, 0.29) is 0 Å². The molecule has 3 aromatic carbocycles. The first kappa shape index (κ1) is 17.4. The Balaban J connectivity index is 0.000000185. The van der Waals surface area contributed by atoms with Crippen LogP contribution in [-0.2, 0) is 6.42 Å². The molecule has 0 saturated carbocycles. The highest BCUT2D eigenvalue weighted by Crippen LogP contribution is 2.21. The van der Waals surface area contributed by atoms with Crippen molar-refractivity contribution in [2.75, 3.05) is 17.2 Å². The van der Waals surface area contributed by atoms with Crippen molar-refractivity contribution in [3.63, 3.8) is 0 Å². The van der Waals surface area contributed by atoms with E-state index < -0.39 is 0 Å². The molecule has 124 valence electrons. The van der Waals surface area contributed by atoms with Crippen LogP contribution in [0.25, 0.3) is 11.1 Å². The van der Waals surface area contributed by atoms with Gasteiger partial charge in [-0.3, -0.25) is 0 Å². The Labute approximate surface area is 144 Å². The summed E-state index contributed by atoms with van der Waals surface area (Å²) in [7, 11) is 0. The molecular weight excluding hydrogens is 294 g/mol. The maximum atomic E-state index is 5.61. The van der Waals surface area contributed by atoms with E-state index in [0.29, 0.717) is 0 Å². The van der Waals surface area contributed by atoms with Crippen molar-refractivity contribution in [2.45, 2.75) is 19.8 Å². The first-order valence-electron chi connectivity index (χ1n) is 8.14. The zero-order valence-corrected chi connectivity index (χ0v) is 14.1. The van der Waals surface area contributed by atoms with Gasteiger partial charge in [-0.1, -0.05) is 49.7 Å². The molecule has 0 aromatic heterocycles. The van der Waals surface area contributed by atoms with Crippen molar-refractivity contribution in [3.05, 3.63) is 78.4 Å². The third kappa shape index (κ3) is 5.36. The fourth-order valence-corrected chi connectivity index (χ4v) is 2.32. The average Bonchev–Trinajstić information content (AvgIpc) is 2.59. The van der Waals surface area contributed by atoms with E-state index in [4.69, 9.17) is 17.2 Å². The van der Waals surface area contributed by atoms with Crippen LogP contribution in [0.2, 0.25) is 0 Å². The predicted octanol–water partition coefficient (Wildman–Crippen LogP) is 4.74. The highest BCUT2D eigenvalue weighted by Gasteiger charge is 1.96. The van der Waals surface area contributed by atoms with Crippen LogP contribution in [0.3, 0.4) is 0 Å². The summed E-state index contributed by atoms with van der Waals surface area (Å²) in [6.45, 7) is 2.18. The summed E-state index contributed by atoms with van der Waals surface area (Å²) >= 11 is 0. The van der Waals surface area contributed by atoms with E-state index in [9.17, 15) is 0 Å². The van der Waals surface area contributed by atoms with Crippen LogP contribution in [-0.4, -0.2) is 0 Å². The molecule has 0 amide bonds. The van der Waals surface area contributed by atoms with Gasteiger partial charge in [0, 0.05) is 17.1 Å². The Morgan fingerprint density at radius 2 is 0.875 bits per heavy atom. The van der Waals surface area contributed by atoms with Gasteiger partial charge in [-0.25, -0.2) is 0 Å². The van der Waals surface area contributed by atoms with Gasteiger partial charge < -0.3 is 17.2 Å². The predicted molar refractivity (Wildman–Crippen MR) is 106 cm³/mol. The van der Waals surface area contributed by atoms with Gasteiger partial charge in [-0.2, -0.15) is 0 Å². The van der Waals surface area contributed by atoms with Gasteiger partial charge in [0.25, 0.3) is 0 Å². The molecular formula is C21H25N3. The second-order valence-electron chi connectivity index (χ2n) is 5.74. The van der Waals surface area contributed by atoms with Gasteiger partial charge >= 0.3 is 0 Å². The minimum absolute atomic E-state index is 0.782. The van der Waals surface area contributed by atoms with E-state index in [1.54, 1.807) is 0 Å². The minimum atomic E-state index is 0.782. The van der Waals surface area contributed by atoms with Gasteiger partial charge in [0.15, 0.2) is 0 Å². The molecule has 6 N–H and O–H groups in total. The largest absolute Gasteiger partial charge is 0.399 e. The number of nitrogens with two attached hydrogens (primary N) is 3. The van der Waals surface area contributed by atoms with Crippen molar-refractivity contribution >= 4 is 17.1 Å². The van der Waals surface area contributed by atoms with Crippen molar-refractivity contribution in [2.24, 2.45) is 0 Å². The molecule has 3 heteroatoms. The third-order valence-electron chi connectivity index (χ3n) is 3.67. The van der Waals surface area contributed by atoms with Crippen molar-refractivity contribution in [1.82, 2.24) is 0 Å². The molecule has 0 atom stereocenters. The molecule has 0 aliphatic carbocycles. The number of hydrogen-bond acceptors (Lipinski definition) is 3. The summed E-state index contributed by atoms with van der Waals surface area (Å²) in [4.78, 5) is 0. The average molecular weight is 319 g/mol. The first-order valence-corrected chi connectivity index (χ1v) is 8.14. The fourth-order valence-electron chi connectivity index (χ4n) is 2.32. The van der Waals surface area contributed by atoms with Gasteiger partial charge in [0.1, 0.15) is 0 Å². The van der Waals surface area contributed by atoms with Crippen LogP contribution in [0.1, 0.15) is 18.9 Å². The number of nitrogen functional groups attached to an aromatic ring is 3. The molecule has 0 bridgehead atoms. The summed E-state index contributed by atoms with van der Waals surface area (Å²) in [5, 5.41) is 0. The minimum Gasteiger partial charge on any atom is -0.399 e. The smallest absolute Gasteiger partial charge is 0.0314 e. The Hall–Kier alpha value is -2.94. The topological polar surface area (TPSA) is 78.1 Å². The van der Waals surface area contributed by atoms with Crippen LogP contribution < -0.4 is 17.2 Å². The number of hydrogen-bond donors (Lipinski definition) is 3. The summed E-state index contributed by atoms with van der Waals surface area (Å²) in [6.07, 6.45) is 2.35. The second kappa shape index (κ2) is 8.63. The van der Waals surface area contributed by atoms with E-state index >= 15 is 0 Å². The summed E-state index contributed by atoms with van der Waals surface area (Å²) < 4.78 is 0. The van der Waals surface area contributed by atoms with Crippen LogP contribution in [0, 0.1) is 0 Å². The van der Waals surface area contributed by atoms with Crippen molar-refractivity contribution in [1.29, 1.82) is 0 Å². The molecule has 0 aliphatic rings. The molecule has 0 saturated heterocycles. The first-order chi connectivity index (χ1) is 11.6. The normalized spacial score (nSPS) is 9.88. The Bertz CT molecular complexity index is 686. The highest BCUT2D eigenvalue weighted by molar-refractivity contribution is 5.67. The Kier molecular flexibility index (Phi) is 6.26. The lowest BCUT2D eigenvalue weighted by molar-refractivity contribution is 0.922. The Morgan fingerprint density at radius 1 is 0.542 bits per heavy atom. The molecule has 3 aromatic rings. The zero-order chi connectivity index (χ0) is 17.4. The second-order valence-corrected chi connectivity index (χ2v) is 5.74. The maximum absolute atomic E-state index is 5.61. The van der Waals surface area contributed by atoms with Gasteiger partial charge in [-0.05, 0) is 59.5 Å². The van der Waals surface area contributed by atoms with E-state index in [0.717, 1.165) is 34.6 Å². The van der Waals surface area contributed by atoms with Crippen molar-refractivity contribution in [3.8, 4) is 11.1 Å². The van der Waals surface area contributed by atoms with Crippen LogP contribution in [0.15, 0.2) is 72.8 Å². The molecule has 0 heterocycles. The number of anilines is 3. The third-order valence-corrected chi connectivity index (χ3v) is 3.67. The molecule has 0 aliphatic heterocycles. The van der Waals surface area contributed by atoms with Gasteiger partial charge in [0.2, 0.25) is 0 Å². The molecule has 0 spiro atoms. The monoisotopic (exact) mass is 319 g/mol. The lowest BCUT2D eigenvalue weighted by Gasteiger charge is -2.02. The molecule has 3 nitrogen and oxygen atoms in total. The number of rotatable bonds is 3. The van der Waals surface area contributed by atoms with E-state index in [1.807, 2.05) is 60.7 Å². The molecule has 3 rings (SSSR count). The lowest BCUT2D eigenvalue weighted by Crippen LogP contribution is -1.86. The SMILES string of the molecule is CCCc1ccc(N)cc1.Nc1ccc(-c2ccc(N)cc2)cc1. The van der Waals surface area contributed by atoms with Crippen LogP contribution in [0.4, 0.5) is 17.1 Å². The molecule has 0 fully saturated rings. The Morgan fingerprint density at radius 3 is 1.21 bits per heavy atom. The zero-order valence-electron chi connectivity index (χ0n) is 14.1. The molecule has 24 heavy (non-hydrogen) atoms. The van der Waals surface area contributed by atoms with Crippen LogP contribution in [0.5, 0.6) is 0 Å². The quantitative estimate of drug-likeness (QED) is 0.610. The molecule has 0 unspecified atom stereocenters. The number of benzene rings is 3. The standard InChI is InChI=1S/C12H12N2.C9H13N/c13-11-5-1-9(2-6-11)10-3-7-12(14)8-4-10;1-2-3-8-4-6-9(10)7-5-8/h1-8H,13-14H2;4-7H,2-3,10H2,1H3. The maximum Gasteiger partial charge on any atom is 0.0314 e.